The van der Waals surface area contributed by atoms with Crippen LogP contribution in [0.4, 0.5) is 0 Å². The Hall–Kier alpha value is -1.25. The van der Waals surface area contributed by atoms with Crippen molar-refractivity contribution in [1.82, 2.24) is 18.8 Å². The summed E-state index contributed by atoms with van der Waals surface area (Å²) in [6, 6.07) is 3.77. The highest BCUT2D eigenvalue weighted by atomic mass is 32.2. The van der Waals surface area contributed by atoms with E-state index in [4.69, 9.17) is 4.74 Å². The van der Waals surface area contributed by atoms with Crippen LogP contribution in [0.3, 0.4) is 0 Å². The van der Waals surface area contributed by atoms with Crippen molar-refractivity contribution in [2.45, 2.75) is 45.4 Å². The van der Waals surface area contributed by atoms with E-state index >= 15 is 0 Å². The standard InChI is InChI=1S/C17H28N4O3S/c1-17(2,3)15-6-7-16(19-18-15)24-13-14-8-11-21(12-14)25(22,23)20-9-4-5-10-20/h6-7,14H,4-5,8-13H2,1-3H3. The average Bonchev–Trinajstić information content (AvgIpc) is 3.24. The van der Waals surface area contributed by atoms with Gasteiger partial charge in [0.15, 0.2) is 0 Å². The van der Waals surface area contributed by atoms with Gasteiger partial charge in [0.2, 0.25) is 5.88 Å². The summed E-state index contributed by atoms with van der Waals surface area (Å²) in [4.78, 5) is 0. The van der Waals surface area contributed by atoms with E-state index < -0.39 is 10.2 Å². The number of hydrogen-bond donors (Lipinski definition) is 0. The number of nitrogens with zero attached hydrogens (tertiary/aromatic N) is 4. The highest BCUT2D eigenvalue weighted by Gasteiger charge is 2.36. The summed E-state index contributed by atoms with van der Waals surface area (Å²) >= 11 is 0. The van der Waals surface area contributed by atoms with E-state index in [0.717, 1.165) is 25.0 Å². The van der Waals surface area contributed by atoms with Crippen LogP contribution in [0.1, 0.15) is 45.7 Å². The van der Waals surface area contributed by atoms with Gasteiger partial charge >= 0.3 is 0 Å². The molecular formula is C17H28N4O3S. The molecule has 0 aromatic carbocycles. The normalized spacial score (nSPS) is 23.2. The van der Waals surface area contributed by atoms with Gasteiger partial charge < -0.3 is 4.74 Å². The lowest BCUT2D eigenvalue weighted by atomic mass is 9.92. The van der Waals surface area contributed by atoms with Gasteiger partial charge in [-0.25, -0.2) is 0 Å². The van der Waals surface area contributed by atoms with Crippen molar-refractivity contribution in [3.8, 4) is 5.88 Å². The van der Waals surface area contributed by atoms with Gasteiger partial charge in [0, 0.05) is 43.6 Å². The molecule has 3 rings (SSSR count). The van der Waals surface area contributed by atoms with Gasteiger partial charge in [0.05, 0.1) is 12.3 Å². The first-order chi connectivity index (χ1) is 11.8. The van der Waals surface area contributed by atoms with Crippen LogP contribution < -0.4 is 4.74 Å². The summed E-state index contributed by atoms with van der Waals surface area (Å²) < 4.78 is 34.1. The lowest BCUT2D eigenvalue weighted by Gasteiger charge is -2.23. The number of aromatic nitrogens is 2. The van der Waals surface area contributed by atoms with Crippen molar-refractivity contribution in [2.75, 3.05) is 32.8 Å². The minimum Gasteiger partial charge on any atom is -0.476 e. The van der Waals surface area contributed by atoms with Crippen molar-refractivity contribution < 1.29 is 13.2 Å². The SMILES string of the molecule is CC(C)(C)c1ccc(OCC2CCN(S(=O)(=O)N3CCCC3)C2)nn1. The molecule has 2 aliphatic rings. The second-order valence-corrected chi connectivity index (χ2v) is 9.87. The van der Waals surface area contributed by atoms with Crippen LogP contribution >= 0.6 is 0 Å². The first-order valence-electron chi connectivity index (χ1n) is 8.99. The Balaban J connectivity index is 1.52. The van der Waals surface area contributed by atoms with Gasteiger partial charge in [-0.1, -0.05) is 20.8 Å². The minimum absolute atomic E-state index is 0.0403. The van der Waals surface area contributed by atoms with Gasteiger partial charge in [-0.15, -0.1) is 5.10 Å². The highest BCUT2D eigenvalue weighted by molar-refractivity contribution is 7.86. The minimum atomic E-state index is -3.29. The van der Waals surface area contributed by atoms with E-state index in [1.165, 1.54) is 0 Å². The molecule has 1 atom stereocenters. The van der Waals surface area contributed by atoms with E-state index in [1.54, 1.807) is 8.61 Å². The fourth-order valence-corrected chi connectivity index (χ4v) is 5.01. The molecule has 2 fully saturated rings. The molecule has 2 aliphatic heterocycles. The second kappa shape index (κ2) is 7.17. The van der Waals surface area contributed by atoms with E-state index in [9.17, 15) is 8.42 Å². The number of ether oxygens (including phenoxy) is 1. The van der Waals surface area contributed by atoms with E-state index in [1.807, 2.05) is 12.1 Å². The molecule has 1 aromatic rings. The highest BCUT2D eigenvalue weighted by Crippen LogP contribution is 2.25. The number of rotatable bonds is 5. The first kappa shape index (κ1) is 18.5. The largest absolute Gasteiger partial charge is 0.476 e. The summed E-state index contributed by atoms with van der Waals surface area (Å²) in [7, 11) is -3.29. The molecule has 0 saturated carbocycles. The molecule has 1 unspecified atom stereocenters. The molecule has 1 aromatic heterocycles. The third-order valence-electron chi connectivity index (χ3n) is 4.84. The fraction of sp³-hybridized carbons (Fsp3) is 0.765. The van der Waals surface area contributed by atoms with Crippen molar-refractivity contribution in [3.05, 3.63) is 17.8 Å². The molecule has 3 heterocycles. The molecule has 0 amide bonds. The molecular weight excluding hydrogens is 340 g/mol. The Morgan fingerprint density at radius 2 is 1.84 bits per heavy atom. The third-order valence-corrected chi connectivity index (χ3v) is 6.84. The zero-order valence-electron chi connectivity index (χ0n) is 15.3. The Morgan fingerprint density at radius 1 is 1.12 bits per heavy atom. The molecule has 0 spiro atoms. The third kappa shape index (κ3) is 4.30. The monoisotopic (exact) mass is 368 g/mol. The quantitative estimate of drug-likeness (QED) is 0.792. The van der Waals surface area contributed by atoms with Crippen molar-refractivity contribution in [3.63, 3.8) is 0 Å². The number of hydrogen-bond acceptors (Lipinski definition) is 5. The van der Waals surface area contributed by atoms with E-state index in [2.05, 4.69) is 31.0 Å². The van der Waals surface area contributed by atoms with E-state index in [-0.39, 0.29) is 11.3 Å². The van der Waals surface area contributed by atoms with Crippen LogP contribution in [0.5, 0.6) is 5.88 Å². The lowest BCUT2D eigenvalue weighted by Crippen LogP contribution is -2.41. The molecule has 0 aliphatic carbocycles. The predicted octanol–water partition coefficient (Wildman–Crippen LogP) is 1.82. The van der Waals surface area contributed by atoms with Crippen LogP contribution in [0, 0.1) is 5.92 Å². The Morgan fingerprint density at radius 3 is 2.44 bits per heavy atom. The van der Waals surface area contributed by atoms with E-state index in [0.29, 0.717) is 38.7 Å². The van der Waals surface area contributed by atoms with Crippen LogP contribution in [0.25, 0.3) is 0 Å². The lowest BCUT2D eigenvalue weighted by molar-refractivity contribution is 0.242. The predicted molar refractivity (Wildman–Crippen MR) is 95.6 cm³/mol. The summed E-state index contributed by atoms with van der Waals surface area (Å²) in [6.45, 7) is 9.12. The van der Waals surface area contributed by atoms with Crippen molar-refractivity contribution in [1.29, 1.82) is 0 Å². The molecule has 0 radical (unpaired) electrons. The molecule has 8 heteroatoms. The van der Waals surface area contributed by atoms with Gasteiger partial charge in [-0.3, -0.25) is 0 Å². The Labute approximate surface area is 150 Å². The van der Waals surface area contributed by atoms with Gasteiger partial charge in [0.1, 0.15) is 0 Å². The average molecular weight is 369 g/mol. The first-order valence-corrected chi connectivity index (χ1v) is 10.4. The summed E-state index contributed by atoms with van der Waals surface area (Å²) in [5, 5.41) is 8.34. The van der Waals surface area contributed by atoms with Crippen LogP contribution in [-0.2, 0) is 15.6 Å². The maximum absolute atomic E-state index is 12.6. The summed E-state index contributed by atoms with van der Waals surface area (Å²) in [6.07, 6.45) is 2.74. The molecule has 2 saturated heterocycles. The molecule has 0 bridgehead atoms. The zero-order chi connectivity index (χ0) is 18.1. The fourth-order valence-electron chi connectivity index (χ4n) is 3.23. The van der Waals surface area contributed by atoms with Crippen molar-refractivity contribution in [2.24, 2.45) is 5.92 Å². The van der Waals surface area contributed by atoms with Crippen molar-refractivity contribution >= 4 is 10.2 Å². The Bertz CT molecular complexity index is 679. The second-order valence-electron chi connectivity index (χ2n) is 7.94. The molecule has 25 heavy (non-hydrogen) atoms. The zero-order valence-corrected chi connectivity index (χ0v) is 16.1. The van der Waals surface area contributed by atoms with Gasteiger partial charge in [-0.2, -0.15) is 22.1 Å². The van der Waals surface area contributed by atoms with Crippen LogP contribution in [-0.4, -0.2) is 60.0 Å². The Kier molecular flexibility index (Phi) is 5.31. The smallest absolute Gasteiger partial charge is 0.281 e. The maximum Gasteiger partial charge on any atom is 0.281 e. The van der Waals surface area contributed by atoms with Gasteiger partial charge in [0.25, 0.3) is 10.2 Å². The maximum atomic E-state index is 12.6. The molecule has 140 valence electrons. The molecule has 0 N–H and O–H groups in total. The van der Waals surface area contributed by atoms with Gasteiger partial charge in [-0.05, 0) is 25.3 Å². The summed E-state index contributed by atoms with van der Waals surface area (Å²) in [5.41, 5.74) is 0.880. The topological polar surface area (TPSA) is 75.6 Å². The van der Waals surface area contributed by atoms with Crippen LogP contribution in [0.15, 0.2) is 12.1 Å². The van der Waals surface area contributed by atoms with Crippen LogP contribution in [0.2, 0.25) is 0 Å². The molecule has 7 nitrogen and oxygen atoms in total. The summed E-state index contributed by atoms with van der Waals surface area (Å²) in [5.74, 6) is 0.690.